The third-order valence-electron chi connectivity index (χ3n) is 4.10. The van der Waals surface area contributed by atoms with Crippen molar-refractivity contribution in [3.63, 3.8) is 0 Å². The summed E-state index contributed by atoms with van der Waals surface area (Å²) >= 11 is 0. The van der Waals surface area contributed by atoms with Crippen molar-refractivity contribution < 1.29 is 0 Å². The summed E-state index contributed by atoms with van der Waals surface area (Å²) in [4.78, 5) is 2.60. The van der Waals surface area contributed by atoms with E-state index >= 15 is 0 Å². The molecule has 0 aliphatic carbocycles. The topological polar surface area (TPSA) is 29.3 Å². The maximum absolute atomic E-state index is 6.05. The van der Waals surface area contributed by atoms with Crippen molar-refractivity contribution in [2.45, 2.75) is 45.1 Å². The number of nitrogens with two attached hydrogens (primary N) is 1. The molecule has 0 spiro atoms. The summed E-state index contributed by atoms with van der Waals surface area (Å²) in [6.07, 6.45) is 6.80. The van der Waals surface area contributed by atoms with E-state index in [1.807, 2.05) is 0 Å². The van der Waals surface area contributed by atoms with Crippen molar-refractivity contribution in [2.75, 3.05) is 19.6 Å². The number of nitrogens with zero attached hydrogens (tertiary/aromatic N) is 1. The average molecular weight is 246 g/mol. The monoisotopic (exact) mass is 246 g/mol. The first-order valence-corrected chi connectivity index (χ1v) is 7.32. The number of hydrogen-bond donors (Lipinski definition) is 1. The molecule has 0 radical (unpaired) electrons. The Morgan fingerprint density at radius 3 is 2.28 bits per heavy atom. The van der Waals surface area contributed by atoms with Crippen LogP contribution in [0.1, 0.15) is 49.3 Å². The van der Waals surface area contributed by atoms with Crippen LogP contribution in [0.15, 0.2) is 24.3 Å². The predicted molar refractivity (Wildman–Crippen MR) is 77.6 cm³/mol. The molecule has 1 fully saturated rings. The van der Waals surface area contributed by atoms with Gasteiger partial charge in [-0.2, -0.15) is 0 Å². The maximum atomic E-state index is 6.05. The third kappa shape index (κ3) is 3.33. The molecule has 2 nitrogen and oxygen atoms in total. The van der Waals surface area contributed by atoms with Crippen molar-refractivity contribution in [3.8, 4) is 0 Å². The van der Waals surface area contributed by atoms with Gasteiger partial charge in [0.1, 0.15) is 0 Å². The highest BCUT2D eigenvalue weighted by molar-refractivity contribution is 5.29. The molecule has 0 aromatic heterocycles. The summed E-state index contributed by atoms with van der Waals surface area (Å²) in [5.74, 6) is 0. The fourth-order valence-corrected chi connectivity index (χ4v) is 3.02. The summed E-state index contributed by atoms with van der Waals surface area (Å²) in [6, 6.07) is 9.09. The molecule has 1 aliphatic heterocycles. The molecule has 1 aromatic carbocycles. The molecule has 1 unspecified atom stereocenters. The lowest BCUT2D eigenvalue weighted by Gasteiger charge is -2.33. The largest absolute Gasteiger partial charge is 0.329 e. The molecular formula is C16H26N2. The minimum Gasteiger partial charge on any atom is -0.329 e. The zero-order valence-electron chi connectivity index (χ0n) is 11.6. The van der Waals surface area contributed by atoms with E-state index < -0.39 is 0 Å². The molecule has 1 heterocycles. The zero-order valence-corrected chi connectivity index (χ0v) is 11.6. The molecule has 2 N–H and O–H groups in total. The summed E-state index contributed by atoms with van der Waals surface area (Å²) in [7, 11) is 0. The Balaban J connectivity index is 2.13. The van der Waals surface area contributed by atoms with Gasteiger partial charge in [-0.05, 0) is 44.0 Å². The van der Waals surface area contributed by atoms with Crippen molar-refractivity contribution in [3.05, 3.63) is 35.4 Å². The minimum absolute atomic E-state index is 0.407. The lowest BCUT2D eigenvalue weighted by atomic mass is 9.98. The van der Waals surface area contributed by atoms with Gasteiger partial charge in [-0.1, -0.05) is 43.5 Å². The molecular weight excluding hydrogens is 220 g/mol. The highest BCUT2D eigenvalue weighted by Crippen LogP contribution is 2.25. The molecule has 0 bridgehead atoms. The Morgan fingerprint density at radius 2 is 1.67 bits per heavy atom. The predicted octanol–water partition coefficient (Wildman–Crippen LogP) is 3.26. The van der Waals surface area contributed by atoms with Gasteiger partial charge in [0.15, 0.2) is 0 Å². The van der Waals surface area contributed by atoms with Gasteiger partial charge >= 0.3 is 0 Å². The van der Waals surface area contributed by atoms with Crippen LogP contribution in [-0.2, 0) is 0 Å². The minimum atomic E-state index is 0.407. The highest BCUT2D eigenvalue weighted by atomic mass is 15.2. The van der Waals surface area contributed by atoms with Crippen LogP contribution in [0.3, 0.4) is 0 Å². The van der Waals surface area contributed by atoms with Gasteiger partial charge < -0.3 is 5.73 Å². The summed E-state index contributed by atoms with van der Waals surface area (Å²) in [5, 5.41) is 0. The molecule has 0 saturated carbocycles. The van der Waals surface area contributed by atoms with Crippen LogP contribution in [-0.4, -0.2) is 24.5 Å². The Morgan fingerprint density at radius 1 is 1.06 bits per heavy atom. The van der Waals surface area contributed by atoms with Crippen LogP contribution >= 0.6 is 0 Å². The second kappa shape index (κ2) is 6.91. The van der Waals surface area contributed by atoms with Gasteiger partial charge in [0.05, 0.1) is 0 Å². The molecule has 1 saturated heterocycles. The average Bonchev–Trinajstić information content (AvgIpc) is 2.34. The lowest BCUT2D eigenvalue weighted by molar-refractivity contribution is 0.183. The number of aryl methyl sites for hydroxylation is 1. The van der Waals surface area contributed by atoms with E-state index in [0.29, 0.717) is 6.04 Å². The number of likely N-dealkylation sites (tertiary alicyclic amines) is 1. The fourth-order valence-electron chi connectivity index (χ4n) is 3.02. The molecule has 0 amide bonds. The summed E-state index contributed by atoms with van der Waals surface area (Å²) in [6.45, 7) is 5.33. The fraction of sp³-hybridized carbons (Fsp3) is 0.625. The Hall–Kier alpha value is -0.860. The van der Waals surface area contributed by atoms with Crippen molar-refractivity contribution >= 4 is 0 Å². The molecule has 18 heavy (non-hydrogen) atoms. The Bertz CT molecular complexity index is 354. The van der Waals surface area contributed by atoms with Gasteiger partial charge in [0.2, 0.25) is 0 Å². The molecule has 1 aliphatic rings. The van der Waals surface area contributed by atoms with Gasteiger partial charge in [0, 0.05) is 12.6 Å². The van der Waals surface area contributed by atoms with Crippen LogP contribution in [0, 0.1) is 6.92 Å². The van der Waals surface area contributed by atoms with Crippen LogP contribution in [0.5, 0.6) is 0 Å². The van der Waals surface area contributed by atoms with Crippen LogP contribution < -0.4 is 5.73 Å². The van der Waals surface area contributed by atoms with E-state index in [-0.39, 0.29) is 0 Å². The van der Waals surface area contributed by atoms with E-state index in [0.717, 1.165) is 6.54 Å². The van der Waals surface area contributed by atoms with E-state index in [9.17, 15) is 0 Å². The quantitative estimate of drug-likeness (QED) is 0.887. The highest BCUT2D eigenvalue weighted by Gasteiger charge is 2.20. The summed E-state index contributed by atoms with van der Waals surface area (Å²) < 4.78 is 0. The van der Waals surface area contributed by atoms with E-state index in [1.54, 1.807) is 0 Å². The van der Waals surface area contributed by atoms with E-state index in [4.69, 9.17) is 5.73 Å². The van der Waals surface area contributed by atoms with Gasteiger partial charge in [-0.25, -0.2) is 0 Å². The molecule has 100 valence electrons. The Labute approximate surface area is 111 Å². The third-order valence-corrected chi connectivity index (χ3v) is 4.10. The van der Waals surface area contributed by atoms with Crippen molar-refractivity contribution in [2.24, 2.45) is 5.73 Å². The molecule has 2 heteroatoms. The zero-order chi connectivity index (χ0) is 12.8. The van der Waals surface area contributed by atoms with E-state index in [1.165, 1.54) is 56.3 Å². The SMILES string of the molecule is Cc1ccccc1C(CN)N1CCCCCCC1. The molecule has 2 rings (SSSR count). The first-order chi connectivity index (χ1) is 8.83. The standard InChI is InChI=1S/C16H26N2/c1-14-9-5-6-10-15(14)16(13-17)18-11-7-3-2-4-8-12-18/h5-6,9-10,16H,2-4,7-8,11-13,17H2,1H3. The molecule has 1 aromatic rings. The summed E-state index contributed by atoms with van der Waals surface area (Å²) in [5.41, 5.74) is 8.84. The second-order valence-electron chi connectivity index (χ2n) is 5.41. The maximum Gasteiger partial charge on any atom is 0.0473 e. The van der Waals surface area contributed by atoms with Crippen LogP contribution in [0.4, 0.5) is 0 Å². The van der Waals surface area contributed by atoms with Gasteiger partial charge in [-0.3, -0.25) is 4.90 Å². The lowest BCUT2D eigenvalue weighted by Crippen LogP contribution is -2.36. The van der Waals surface area contributed by atoms with Crippen molar-refractivity contribution in [1.82, 2.24) is 4.90 Å². The van der Waals surface area contributed by atoms with Crippen molar-refractivity contribution in [1.29, 1.82) is 0 Å². The number of benzene rings is 1. The van der Waals surface area contributed by atoms with Crippen LogP contribution in [0.2, 0.25) is 0 Å². The van der Waals surface area contributed by atoms with Gasteiger partial charge in [-0.15, -0.1) is 0 Å². The smallest absolute Gasteiger partial charge is 0.0473 e. The Kier molecular flexibility index (Phi) is 5.21. The molecule has 1 atom stereocenters. The number of rotatable bonds is 3. The van der Waals surface area contributed by atoms with E-state index in [2.05, 4.69) is 36.1 Å². The first kappa shape index (κ1) is 13.6. The second-order valence-corrected chi connectivity index (χ2v) is 5.41. The van der Waals surface area contributed by atoms with Gasteiger partial charge in [0.25, 0.3) is 0 Å². The first-order valence-electron chi connectivity index (χ1n) is 7.32. The number of hydrogen-bond acceptors (Lipinski definition) is 2. The van der Waals surface area contributed by atoms with Crippen LogP contribution in [0.25, 0.3) is 0 Å². The normalized spacial score (nSPS) is 20.1.